The molecule has 2 amide bonds. The van der Waals surface area contributed by atoms with Crippen LogP contribution in [0.5, 0.6) is 0 Å². The van der Waals surface area contributed by atoms with Crippen LogP contribution in [0.3, 0.4) is 0 Å². The summed E-state index contributed by atoms with van der Waals surface area (Å²) in [5.74, 6) is -0.783. The molecule has 3 nitrogen and oxygen atoms in total. The van der Waals surface area contributed by atoms with Gasteiger partial charge in [-0.3, -0.25) is 9.59 Å². The van der Waals surface area contributed by atoms with Gasteiger partial charge in [-0.2, -0.15) is 0 Å². The van der Waals surface area contributed by atoms with Crippen molar-refractivity contribution in [3.05, 3.63) is 57.4 Å². The van der Waals surface area contributed by atoms with E-state index in [1.54, 1.807) is 6.08 Å². The minimum Gasteiger partial charge on any atom is -0.268 e. The predicted molar refractivity (Wildman–Crippen MR) is 79.2 cm³/mol. The van der Waals surface area contributed by atoms with Gasteiger partial charge in [0, 0.05) is 4.88 Å². The van der Waals surface area contributed by atoms with Gasteiger partial charge in [-0.05, 0) is 53.5 Å². The highest BCUT2D eigenvalue weighted by Crippen LogP contribution is 2.36. The molecule has 1 aromatic carbocycles. The number of thiophene rings is 1. The molecule has 0 saturated carbocycles. The Morgan fingerprint density at radius 2 is 1.85 bits per heavy atom. The highest BCUT2D eigenvalue weighted by Gasteiger charge is 2.36. The summed E-state index contributed by atoms with van der Waals surface area (Å²) < 4.78 is 12.9. The van der Waals surface area contributed by atoms with E-state index in [0.717, 1.165) is 21.5 Å². The van der Waals surface area contributed by atoms with Gasteiger partial charge in [0.15, 0.2) is 0 Å². The van der Waals surface area contributed by atoms with Crippen molar-refractivity contribution in [2.24, 2.45) is 0 Å². The number of hydrogen-bond acceptors (Lipinski definition) is 4. The lowest BCUT2D eigenvalue weighted by Crippen LogP contribution is -2.27. The normalized spacial score (nSPS) is 17.2. The summed E-state index contributed by atoms with van der Waals surface area (Å²) in [7, 11) is 0. The molecule has 0 atom stereocenters. The zero-order chi connectivity index (χ0) is 14.1. The Hall–Kier alpha value is -1.92. The molecule has 3 rings (SSSR count). The molecule has 0 radical (unpaired) electrons. The van der Waals surface area contributed by atoms with Crippen LogP contribution in [0.2, 0.25) is 0 Å². The van der Waals surface area contributed by atoms with Gasteiger partial charge in [-0.15, -0.1) is 11.3 Å². The average molecular weight is 305 g/mol. The van der Waals surface area contributed by atoms with E-state index in [4.69, 9.17) is 0 Å². The van der Waals surface area contributed by atoms with Gasteiger partial charge in [0.05, 0.1) is 10.6 Å². The molecule has 0 spiro atoms. The largest absolute Gasteiger partial charge is 0.298 e. The number of halogens is 1. The molecule has 1 aliphatic heterocycles. The summed E-state index contributed by atoms with van der Waals surface area (Å²) in [6, 6.07) is 9.03. The fourth-order valence-corrected chi connectivity index (χ4v) is 3.35. The van der Waals surface area contributed by atoms with Gasteiger partial charge in [0.25, 0.3) is 11.1 Å². The van der Waals surface area contributed by atoms with Gasteiger partial charge in [-0.1, -0.05) is 6.07 Å². The molecule has 0 N–H and O–H groups in total. The fourth-order valence-electron chi connectivity index (χ4n) is 1.78. The maximum absolute atomic E-state index is 12.9. The molecule has 2 aromatic rings. The van der Waals surface area contributed by atoms with Crippen LogP contribution in [-0.4, -0.2) is 11.1 Å². The SMILES string of the molecule is O=C1S/C(=C/c2cccs2)C(=O)N1c1ccc(F)cc1. The first kappa shape index (κ1) is 13.1. The maximum atomic E-state index is 12.9. The quantitative estimate of drug-likeness (QED) is 0.783. The van der Waals surface area contributed by atoms with Gasteiger partial charge in [-0.25, -0.2) is 9.29 Å². The zero-order valence-electron chi connectivity index (χ0n) is 10.1. The van der Waals surface area contributed by atoms with E-state index in [0.29, 0.717) is 10.6 Å². The second-order valence-corrected chi connectivity index (χ2v) is 5.98. The third-order valence-corrected chi connectivity index (χ3v) is 4.38. The molecule has 1 saturated heterocycles. The highest BCUT2D eigenvalue weighted by atomic mass is 32.2. The molecule has 0 aliphatic carbocycles. The smallest absolute Gasteiger partial charge is 0.268 e. The Bertz CT molecular complexity index is 692. The predicted octanol–water partition coefficient (Wildman–Crippen LogP) is 4.13. The van der Waals surface area contributed by atoms with E-state index in [1.807, 2.05) is 17.5 Å². The van der Waals surface area contributed by atoms with Crippen molar-refractivity contribution in [3.8, 4) is 0 Å². The summed E-state index contributed by atoms with van der Waals surface area (Å²) in [6.45, 7) is 0. The van der Waals surface area contributed by atoms with Crippen molar-refractivity contribution in [1.82, 2.24) is 0 Å². The van der Waals surface area contributed by atoms with Crippen molar-refractivity contribution in [2.45, 2.75) is 0 Å². The number of imide groups is 1. The lowest BCUT2D eigenvalue weighted by atomic mass is 10.3. The van der Waals surface area contributed by atoms with Gasteiger partial charge < -0.3 is 0 Å². The van der Waals surface area contributed by atoms with E-state index >= 15 is 0 Å². The van der Waals surface area contributed by atoms with Crippen molar-refractivity contribution in [1.29, 1.82) is 0 Å². The molecule has 1 aliphatic rings. The Balaban J connectivity index is 1.93. The lowest BCUT2D eigenvalue weighted by molar-refractivity contribution is -0.113. The minimum atomic E-state index is -0.408. The van der Waals surface area contributed by atoms with E-state index in [2.05, 4.69) is 0 Å². The zero-order valence-corrected chi connectivity index (χ0v) is 11.7. The lowest BCUT2D eigenvalue weighted by Gasteiger charge is -2.11. The molecule has 6 heteroatoms. The fraction of sp³-hybridized carbons (Fsp3) is 0. The molecular formula is C14H8FNO2S2. The van der Waals surface area contributed by atoms with E-state index in [9.17, 15) is 14.0 Å². The van der Waals surface area contributed by atoms with Crippen LogP contribution in [-0.2, 0) is 4.79 Å². The summed E-state index contributed by atoms with van der Waals surface area (Å²) in [6.07, 6.45) is 1.69. The molecular weight excluding hydrogens is 297 g/mol. The molecule has 20 heavy (non-hydrogen) atoms. The van der Waals surface area contributed by atoms with Crippen LogP contribution in [0, 0.1) is 5.82 Å². The van der Waals surface area contributed by atoms with E-state index in [1.165, 1.54) is 35.6 Å². The van der Waals surface area contributed by atoms with Crippen molar-refractivity contribution in [2.75, 3.05) is 4.90 Å². The van der Waals surface area contributed by atoms with Gasteiger partial charge in [0.2, 0.25) is 0 Å². The molecule has 2 heterocycles. The second kappa shape index (κ2) is 5.22. The van der Waals surface area contributed by atoms with Crippen LogP contribution < -0.4 is 4.90 Å². The van der Waals surface area contributed by atoms with E-state index < -0.39 is 5.82 Å². The first-order valence-corrected chi connectivity index (χ1v) is 7.42. The number of hydrogen-bond donors (Lipinski definition) is 0. The Labute approximate surface area is 122 Å². The first-order chi connectivity index (χ1) is 9.65. The summed E-state index contributed by atoms with van der Waals surface area (Å²) in [4.78, 5) is 26.5. The molecule has 1 aromatic heterocycles. The Kier molecular flexibility index (Phi) is 3.42. The molecule has 100 valence electrons. The topological polar surface area (TPSA) is 37.4 Å². The van der Waals surface area contributed by atoms with Crippen LogP contribution in [0.4, 0.5) is 14.9 Å². The number of thioether (sulfide) groups is 1. The Morgan fingerprint density at radius 1 is 1.10 bits per heavy atom. The molecule has 0 unspecified atom stereocenters. The van der Waals surface area contributed by atoms with E-state index in [-0.39, 0.29) is 11.1 Å². The van der Waals surface area contributed by atoms with Crippen molar-refractivity contribution < 1.29 is 14.0 Å². The molecule has 0 bridgehead atoms. The third kappa shape index (κ3) is 2.39. The Morgan fingerprint density at radius 3 is 2.50 bits per heavy atom. The number of carbonyl (C=O) groups excluding carboxylic acids is 2. The number of nitrogens with zero attached hydrogens (tertiary/aromatic N) is 1. The third-order valence-electron chi connectivity index (χ3n) is 2.70. The number of benzene rings is 1. The van der Waals surface area contributed by atoms with Crippen LogP contribution in [0.1, 0.15) is 4.88 Å². The molecule has 1 fully saturated rings. The number of rotatable bonds is 2. The summed E-state index contributed by atoms with van der Waals surface area (Å²) >= 11 is 2.38. The maximum Gasteiger partial charge on any atom is 0.298 e. The van der Waals surface area contributed by atoms with Crippen molar-refractivity contribution in [3.63, 3.8) is 0 Å². The monoisotopic (exact) mass is 305 g/mol. The first-order valence-electron chi connectivity index (χ1n) is 5.72. The number of amides is 2. The summed E-state index contributed by atoms with van der Waals surface area (Å²) in [5.41, 5.74) is 0.378. The number of carbonyl (C=O) groups is 2. The summed E-state index contributed by atoms with van der Waals surface area (Å²) in [5, 5.41) is 1.53. The van der Waals surface area contributed by atoms with Crippen LogP contribution in [0.15, 0.2) is 46.7 Å². The standard InChI is InChI=1S/C14H8FNO2S2/c15-9-3-5-10(6-4-9)16-13(17)12(20-14(16)18)8-11-2-1-7-19-11/h1-8H/b12-8+. The second-order valence-electron chi connectivity index (χ2n) is 4.01. The average Bonchev–Trinajstić information content (AvgIpc) is 3.02. The van der Waals surface area contributed by atoms with Gasteiger partial charge >= 0.3 is 0 Å². The minimum absolute atomic E-state index is 0.371. The van der Waals surface area contributed by atoms with Crippen molar-refractivity contribution >= 4 is 46.0 Å². The number of anilines is 1. The highest BCUT2D eigenvalue weighted by molar-refractivity contribution is 8.19. The van der Waals surface area contributed by atoms with Gasteiger partial charge in [0.1, 0.15) is 5.82 Å². The van der Waals surface area contributed by atoms with Crippen LogP contribution in [0.25, 0.3) is 6.08 Å². The van der Waals surface area contributed by atoms with Crippen LogP contribution >= 0.6 is 23.1 Å².